The maximum absolute atomic E-state index is 12.4. The van der Waals surface area contributed by atoms with E-state index in [1.165, 1.54) is 11.1 Å². The zero-order valence-electron chi connectivity index (χ0n) is 16.1. The molecule has 2 amide bonds. The predicted octanol–water partition coefficient (Wildman–Crippen LogP) is 3.32. The summed E-state index contributed by atoms with van der Waals surface area (Å²) in [7, 11) is 1.57. The van der Waals surface area contributed by atoms with Crippen molar-refractivity contribution in [1.29, 1.82) is 0 Å². The summed E-state index contributed by atoms with van der Waals surface area (Å²) in [5.74, 6) is -0.422. The van der Waals surface area contributed by atoms with Crippen molar-refractivity contribution in [2.24, 2.45) is 0 Å². The number of hydrogen-bond acceptors (Lipinski definition) is 3. The number of benzene rings is 1. The van der Waals surface area contributed by atoms with Gasteiger partial charge in [0.2, 0.25) is 5.91 Å². The van der Waals surface area contributed by atoms with E-state index in [0.29, 0.717) is 12.0 Å². The molecule has 0 aliphatic carbocycles. The summed E-state index contributed by atoms with van der Waals surface area (Å²) in [5, 5.41) is 5.39. The number of nitrogens with zero attached hydrogens (tertiary/aromatic N) is 1. The van der Waals surface area contributed by atoms with E-state index in [1.54, 1.807) is 19.2 Å². The minimum absolute atomic E-state index is 0.174. The van der Waals surface area contributed by atoms with Crippen molar-refractivity contribution in [2.75, 3.05) is 7.05 Å². The van der Waals surface area contributed by atoms with E-state index < -0.39 is 6.04 Å². The SMILES string of the molecule is CCC[C@@H](NC(=O)c1ccc(-c2cc(C)c(C)c(C)n2)cc1)C(=O)NC. The molecule has 0 bridgehead atoms. The number of carbonyl (C=O) groups excluding carboxylic acids is 2. The van der Waals surface area contributed by atoms with Gasteiger partial charge in [-0.25, -0.2) is 0 Å². The monoisotopic (exact) mass is 353 g/mol. The Morgan fingerprint density at radius 3 is 2.31 bits per heavy atom. The van der Waals surface area contributed by atoms with Gasteiger partial charge in [-0.1, -0.05) is 25.5 Å². The van der Waals surface area contributed by atoms with Gasteiger partial charge in [0, 0.05) is 23.9 Å². The van der Waals surface area contributed by atoms with Crippen LogP contribution in [0.2, 0.25) is 0 Å². The molecule has 1 heterocycles. The largest absolute Gasteiger partial charge is 0.357 e. The number of aromatic nitrogens is 1. The lowest BCUT2D eigenvalue weighted by Crippen LogP contribution is -2.45. The van der Waals surface area contributed by atoms with Gasteiger partial charge in [0.05, 0.1) is 5.69 Å². The number of aryl methyl sites for hydroxylation is 2. The normalized spacial score (nSPS) is 11.7. The highest BCUT2D eigenvalue weighted by Gasteiger charge is 2.19. The lowest BCUT2D eigenvalue weighted by Gasteiger charge is -2.16. The second-order valence-corrected chi connectivity index (χ2v) is 6.54. The van der Waals surface area contributed by atoms with Crippen LogP contribution >= 0.6 is 0 Å². The second kappa shape index (κ2) is 8.61. The summed E-state index contributed by atoms with van der Waals surface area (Å²) in [4.78, 5) is 28.9. The Bertz CT molecular complexity index is 774. The molecular weight excluding hydrogens is 326 g/mol. The number of pyridine rings is 1. The first-order valence-corrected chi connectivity index (χ1v) is 8.95. The van der Waals surface area contributed by atoms with E-state index in [9.17, 15) is 9.59 Å². The number of likely N-dealkylation sites (N-methyl/N-ethyl adjacent to an activating group) is 1. The topological polar surface area (TPSA) is 71.1 Å². The van der Waals surface area contributed by atoms with Gasteiger partial charge in [-0.05, 0) is 56.5 Å². The predicted molar refractivity (Wildman–Crippen MR) is 104 cm³/mol. The first-order chi connectivity index (χ1) is 12.4. The van der Waals surface area contributed by atoms with Crippen molar-refractivity contribution in [1.82, 2.24) is 15.6 Å². The number of amides is 2. The third-order valence-electron chi connectivity index (χ3n) is 4.66. The molecule has 2 aromatic rings. The fourth-order valence-electron chi connectivity index (χ4n) is 2.81. The van der Waals surface area contributed by atoms with Gasteiger partial charge < -0.3 is 10.6 Å². The van der Waals surface area contributed by atoms with Crippen molar-refractivity contribution in [2.45, 2.75) is 46.6 Å². The molecule has 0 fully saturated rings. The summed E-state index contributed by atoms with van der Waals surface area (Å²) in [5.41, 5.74) is 5.79. The second-order valence-electron chi connectivity index (χ2n) is 6.54. The molecule has 2 rings (SSSR count). The number of nitrogens with one attached hydrogen (secondary N) is 2. The molecule has 1 aromatic carbocycles. The van der Waals surface area contributed by atoms with Gasteiger partial charge in [-0.15, -0.1) is 0 Å². The van der Waals surface area contributed by atoms with Gasteiger partial charge in [0.15, 0.2) is 0 Å². The van der Waals surface area contributed by atoms with Gasteiger partial charge in [-0.3, -0.25) is 14.6 Å². The molecule has 0 aliphatic rings. The highest BCUT2D eigenvalue weighted by atomic mass is 16.2. The van der Waals surface area contributed by atoms with E-state index in [0.717, 1.165) is 23.4 Å². The first kappa shape index (κ1) is 19.6. The van der Waals surface area contributed by atoms with Gasteiger partial charge in [0.25, 0.3) is 5.91 Å². The number of rotatable bonds is 6. The molecule has 5 heteroatoms. The molecule has 2 N–H and O–H groups in total. The molecule has 0 radical (unpaired) electrons. The summed E-state index contributed by atoms with van der Waals surface area (Å²) >= 11 is 0. The van der Waals surface area contributed by atoms with E-state index in [1.807, 2.05) is 26.0 Å². The van der Waals surface area contributed by atoms with Crippen LogP contribution in [0.4, 0.5) is 0 Å². The molecule has 5 nitrogen and oxygen atoms in total. The molecule has 1 aromatic heterocycles. The molecule has 1 atom stereocenters. The quantitative estimate of drug-likeness (QED) is 0.837. The minimum atomic E-state index is -0.513. The number of carbonyl (C=O) groups is 2. The maximum Gasteiger partial charge on any atom is 0.251 e. The van der Waals surface area contributed by atoms with Crippen molar-refractivity contribution in [3.63, 3.8) is 0 Å². The van der Waals surface area contributed by atoms with Crippen LogP contribution < -0.4 is 10.6 Å². The molecule has 138 valence electrons. The Morgan fingerprint density at radius 2 is 1.77 bits per heavy atom. The van der Waals surface area contributed by atoms with Crippen LogP contribution in [0.25, 0.3) is 11.3 Å². The highest BCUT2D eigenvalue weighted by molar-refractivity contribution is 5.97. The Hall–Kier alpha value is -2.69. The summed E-state index contributed by atoms with van der Waals surface area (Å²) in [6, 6.07) is 8.86. The third-order valence-corrected chi connectivity index (χ3v) is 4.66. The van der Waals surface area contributed by atoms with Crippen LogP contribution in [0.1, 0.15) is 46.9 Å². The lowest BCUT2D eigenvalue weighted by molar-refractivity contribution is -0.122. The summed E-state index contributed by atoms with van der Waals surface area (Å²) < 4.78 is 0. The van der Waals surface area contributed by atoms with Crippen molar-refractivity contribution in [3.05, 3.63) is 52.7 Å². The van der Waals surface area contributed by atoms with E-state index in [-0.39, 0.29) is 11.8 Å². The minimum Gasteiger partial charge on any atom is -0.357 e. The fraction of sp³-hybridized carbons (Fsp3) is 0.381. The Labute approximate surface area is 155 Å². The standard InChI is InChI=1S/C21H27N3O2/c1-6-7-18(21(26)22-5)24-20(25)17-10-8-16(9-11-17)19-12-13(2)14(3)15(4)23-19/h8-12,18H,6-7H2,1-5H3,(H,22,26)(H,24,25)/t18-/m1/s1. The van der Waals surface area contributed by atoms with Gasteiger partial charge in [0.1, 0.15) is 6.04 Å². The highest BCUT2D eigenvalue weighted by Crippen LogP contribution is 2.22. The Balaban J connectivity index is 2.18. The van der Waals surface area contributed by atoms with E-state index in [4.69, 9.17) is 0 Å². The smallest absolute Gasteiger partial charge is 0.251 e. The van der Waals surface area contributed by atoms with Gasteiger partial charge in [-0.2, -0.15) is 0 Å². The molecule has 26 heavy (non-hydrogen) atoms. The molecule has 0 saturated carbocycles. The van der Waals surface area contributed by atoms with Crippen LogP contribution in [0.5, 0.6) is 0 Å². The first-order valence-electron chi connectivity index (χ1n) is 8.95. The maximum atomic E-state index is 12.4. The fourth-order valence-corrected chi connectivity index (χ4v) is 2.81. The van der Waals surface area contributed by atoms with E-state index >= 15 is 0 Å². The van der Waals surface area contributed by atoms with Crippen LogP contribution in [-0.4, -0.2) is 29.9 Å². The molecule has 0 unspecified atom stereocenters. The Kier molecular flexibility index (Phi) is 6.50. The Morgan fingerprint density at radius 1 is 1.12 bits per heavy atom. The molecule has 0 aliphatic heterocycles. The van der Waals surface area contributed by atoms with Crippen molar-refractivity contribution < 1.29 is 9.59 Å². The van der Waals surface area contributed by atoms with Crippen LogP contribution in [0, 0.1) is 20.8 Å². The van der Waals surface area contributed by atoms with Crippen LogP contribution in [0.15, 0.2) is 30.3 Å². The molecular formula is C21H27N3O2. The van der Waals surface area contributed by atoms with Crippen molar-refractivity contribution in [3.8, 4) is 11.3 Å². The lowest BCUT2D eigenvalue weighted by atomic mass is 10.0. The van der Waals surface area contributed by atoms with Crippen molar-refractivity contribution >= 4 is 11.8 Å². The summed E-state index contributed by atoms with van der Waals surface area (Å²) in [6.07, 6.45) is 1.42. The van der Waals surface area contributed by atoms with Crippen LogP contribution in [-0.2, 0) is 4.79 Å². The van der Waals surface area contributed by atoms with Gasteiger partial charge >= 0.3 is 0 Å². The molecule has 0 saturated heterocycles. The zero-order chi connectivity index (χ0) is 19.3. The summed E-state index contributed by atoms with van der Waals surface area (Å²) in [6.45, 7) is 8.12. The molecule has 0 spiro atoms. The average molecular weight is 353 g/mol. The van der Waals surface area contributed by atoms with Crippen LogP contribution in [0.3, 0.4) is 0 Å². The third kappa shape index (κ3) is 4.48. The van der Waals surface area contributed by atoms with E-state index in [2.05, 4.69) is 35.5 Å². The zero-order valence-corrected chi connectivity index (χ0v) is 16.1. The number of hydrogen-bond donors (Lipinski definition) is 2. The average Bonchev–Trinajstić information content (AvgIpc) is 2.64.